The maximum Gasteiger partial charge on any atom is 0.407 e. The average molecular weight is 442 g/mol. The van der Waals surface area contributed by atoms with Crippen LogP contribution in [0.2, 0.25) is 0 Å². The number of rotatable bonds is 3. The van der Waals surface area contributed by atoms with Gasteiger partial charge in [-0.05, 0) is 40.5 Å². The lowest BCUT2D eigenvalue weighted by Crippen LogP contribution is -2.38. The number of carbonyl (C=O) groups excluding carboxylic acids is 1. The monoisotopic (exact) mass is 440 g/mol. The van der Waals surface area contributed by atoms with E-state index < -0.39 is 16.1 Å². The Balaban J connectivity index is 2.18. The third-order valence-electron chi connectivity index (χ3n) is 3.17. The van der Waals surface area contributed by atoms with E-state index >= 15 is 0 Å². The van der Waals surface area contributed by atoms with Gasteiger partial charge >= 0.3 is 6.09 Å². The van der Waals surface area contributed by atoms with Gasteiger partial charge in [-0.25, -0.2) is 13.2 Å². The average Bonchev–Trinajstić information content (AvgIpc) is 2.90. The van der Waals surface area contributed by atoms with Crippen molar-refractivity contribution in [2.75, 3.05) is 20.2 Å². The minimum Gasteiger partial charge on any atom is -0.453 e. The first-order valence-corrected chi connectivity index (χ1v) is 9.17. The molecule has 1 aromatic carbocycles. The highest BCUT2D eigenvalue weighted by molar-refractivity contribution is 9.11. The Hall–Kier alpha value is -0.640. The fourth-order valence-electron chi connectivity index (χ4n) is 2.10. The predicted octanol–water partition coefficient (Wildman–Crippen LogP) is 2.33. The smallest absolute Gasteiger partial charge is 0.407 e. The number of hydrogen-bond donors (Lipinski definition) is 1. The molecule has 21 heavy (non-hydrogen) atoms. The molecule has 0 radical (unpaired) electrons. The molecule has 0 aliphatic carbocycles. The Morgan fingerprint density at radius 2 is 2.14 bits per heavy atom. The van der Waals surface area contributed by atoms with E-state index in [1.807, 2.05) is 0 Å². The summed E-state index contributed by atoms with van der Waals surface area (Å²) >= 11 is 6.54. The Kier molecular flexibility index (Phi) is 5.29. The SMILES string of the molecule is COC(=O)NC1CCN(S(=O)(=O)c2cc(Br)ccc2Br)C1. The zero-order valence-corrected chi connectivity index (χ0v) is 15.2. The second-order valence-corrected chi connectivity index (χ2v) is 8.24. The third kappa shape index (κ3) is 3.77. The normalized spacial score (nSPS) is 19.5. The largest absolute Gasteiger partial charge is 0.453 e. The molecule has 1 N–H and O–H groups in total. The van der Waals surface area contributed by atoms with E-state index in [-0.39, 0.29) is 17.5 Å². The molecule has 116 valence electrons. The summed E-state index contributed by atoms with van der Waals surface area (Å²) < 4.78 is 32.4. The highest BCUT2D eigenvalue weighted by atomic mass is 79.9. The number of halogens is 2. The van der Waals surface area contributed by atoms with Crippen molar-refractivity contribution in [1.82, 2.24) is 9.62 Å². The molecule has 1 unspecified atom stereocenters. The van der Waals surface area contributed by atoms with Crippen LogP contribution in [0.3, 0.4) is 0 Å². The van der Waals surface area contributed by atoms with E-state index in [0.29, 0.717) is 21.9 Å². The zero-order valence-electron chi connectivity index (χ0n) is 11.2. The molecular weight excluding hydrogens is 428 g/mol. The summed E-state index contributed by atoms with van der Waals surface area (Å²) in [7, 11) is -2.33. The van der Waals surface area contributed by atoms with Gasteiger partial charge in [0.25, 0.3) is 0 Å². The van der Waals surface area contributed by atoms with Crippen molar-refractivity contribution in [3.8, 4) is 0 Å². The molecule has 2 rings (SSSR count). The topological polar surface area (TPSA) is 75.7 Å². The molecule has 9 heteroatoms. The van der Waals surface area contributed by atoms with Gasteiger partial charge in [0.1, 0.15) is 0 Å². The third-order valence-corrected chi connectivity index (χ3v) is 6.52. The van der Waals surface area contributed by atoms with Crippen LogP contribution in [0.4, 0.5) is 4.79 Å². The van der Waals surface area contributed by atoms with Crippen molar-refractivity contribution < 1.29 is 17.9 Å². The van der Waals surface area contributed by atoms with Gasteiger partial charge in [-0.15, -0.1) is 0 Å². The summed E-state index contributed by atoms with van der Waals surface area (Å²) in [5.74, 6) is 0. The van der Waals surface area contributed by atoms with Gasteiger partial charge in [0.2, 0.25) is 10.0 Å². The summed E-state index contributed by atoms with van der Waals surface area (Å²) in [5.41, 5.74) is 0. The molecule has 1 amide bonds. The Bertz CT molecular complexity index is 651. The van der Waals surface area contributed by atoms with Crippen molar-refractivity contribution in [2.45, 2.75) is 17.4 Å². The maximum atomic E-state index is 12.6. The van der Waals surface area contributed by atoms with Gasteiger partial charge in [0, 0.05) is 28.1 Å². The highest BCUT2D eigenvalue weighted by Gasteiger charge is 2.34. The second-order valence-electron chi connectivity index (χ2n) is 4.56. The number of alkyl carbamates (subject to hydrolysis) is 1. The molecule has 1 atom stereocenters. The van der Waals surface area contributed by atoms with E-state index in [9.17, 15) is 13.2 Å². The standard InChI is InChI=1S/C12H14Br2N2O4S/c1-20-12(17)15-9-4-5-16(7-9)21(18,19)11-6-8(13)2-3-10(11)14/h2-3,6,9H,4-5,7H2,1H3,(H,15,17). The first-order valence-electron chi connectivity index (χ1n) is 6.14. The fraction of sp³-hybridized carbons (Fsp3) is 0.417. The number of ether oxygens (including phenoxy) is 1. The Morgan fingerprint density at radius 1 is 1.43 bits per heavy atom. The molecule has 1 aromatic rings. The van der Waals surface area contributed by atoms with Crippen LogP contribution >= 0.6 is 31.9 Å². The molecular formula is C12H14Br2N2O4S. The summed E-state index contributed by atoms with van der Waals surface area (Å²) in [4.78, 5) is 11.4. The molecule has 6 nitrogen and oxygen atoms in total. The van der Waals surface area contributed by atoms with Crippen LogP contribution in [0.1, 0.15) is 6.42 Å². The van der Waals surface area contributed by atoms with Crippen LogP contribution < -0.4 is 5.32 Å². The van der Waals surface area contributed by atoms with E-state index in [4.69, 9.17) is 0 Å². The molecule has 1 heterocycles. The molecule has 1 saturated heterocycles. The van der Waals surface area contributed by atoms with E-state index in [1.54, 1.807) is 18.2 Å². The minimum absolute atomic E-state index is 0.204. The van der Waals surface area contributed by atoms with Crippen LogP contribution in [-0.4, -0.2) is 45.1 Å². The number of carbonyl (C=O) groups is 1. The van der Waals surface area contributed by atoms with Crippen LogP contribution in [-0.2, 0) is 14.8 Å². The van der Waals surface area contributed by atoms with E-state index in [1.165, 1.54) is 11.4 Å². The maximum absolute atomic E-state index is 12.6. The van der Waals surface area contributed by atoms with Gasteiger partial charge in [-0.2, -0.15) is 4.31 Å². The molecule has 1 aliphatic heterocycles. The highest BCUT2D eigenvalue weighted by Crippen LogP contribution is 2.29. The number of nitrogens with one attached hydrogen (secondary N) is 1. The predicted molar refractivity (Wildman–Crippen MR) is 84.5 cm³/mol. The molecule has 0 saturated carbocycles. The minimum atomic E-state index is -3.60. The lowest BCUT2D eigenvalue weighted by molar-refractivity contribution is 0.167. The van der Waals surface area contributed by atoms with Crippen LogP contribution in [0, 0.1) is 0 Å². The summed E-state index contributed by atoms with van der Waals surface area (Å²) in [6.45, 7) is 0.590. The lowest BCUT2D eigenvalue weighted by atomic mass is 10.3. The summed E-state index contributed by atoms with van der Waals surface area (Å²) in [5, 5.41) is 2.62. The Labute approximate surface area is 140 Å². The van der Waals surface area contributed by atoms with Crippen molar-refractivity contribution in [3.63, 3.8) is 0 Å². The molecule has 1 fully saturated rings. The quantitative estimate of drug-likeness (QED) is 0.780. The number of amides is 1. The van der Waals surface area contributed by atoms with Gasteiger partial charge in [0.15, 0.2) is 0 Å². The van der Waals surface area contributed by atoms with Crippen molar-refractivity contribution in [3.05, 3.63) is 27.1 Å². The van der Waals surface area contributed by atoms with Gasteiger partial charge in [-0.3, -0.25) is 0 Å². The number of methoxy groups -OCH3 is 1. The van der Waals surface area contributed by atoms with Crippen LogP contribution in [0.25, 0.3) is 0 Å². The van der Waals surface area contributed by atoms with E-state index in [2.05, 4.69) is 41.9 Å². The van der Waals surface area contributed by atoms with Gasteiger partial charge in [-0.1, -0.05) is 15.9 Å². The fourth-order valence-corrected chi connectivity index (χ4v) is 5.07. The number of hydrogen-bond acceptors (Lipinski definition) is 4. The lowest BCUT2D eigenvalue weighted by Gasteiger charge is -2.18. The zero-order chi connectivity index (χ0) is 15.6. The first-order chi connectivity index (χ1) is 9.84. The second kappa shape index (κ2) is 6.64. The van der Waals surface area contributed by atoms with Gasteiger partial charge in [0.05, 0.1) is 12.0 Å². The molecule has 0 bridgehead atoms. The van der Waals surface area contributed by atoms with Gasteiger partial charge < -0.3 is 10.1 Å². The molecule has 0 spiro atoms. The van der Waals surface area contributed by atoms with Crippen LogP contribution in [0.5, 0.6) is 0 Å². The first kappa shape index (κ1) is 16.7. The summed E-state index contributed by atoms with van der Waals surface area (Å²) in [6, 6.07) is 4.75. The number of sulfonamides is 1. The number of benzene rings is 1. The Morgan fingerprint density at radius 3 is 2.81 bits per heavy atom. The molecule has 0 aromatic heterocycles. The van der Waals surface area contributed by atoms with Crippen molar-refractivity contribution >= 4 is 48.0 Å². The van der Waals surface area contributed by atoms with Crippen molar-refractivity contribution in [2.24, 2.45) is 0 Å². The summed E-state index contributed by atoms with van der Waals surface area (Å²) in [6.07, 6.45) is 0.00262. The van der Waals surface area contributed by atoms with Crippen LogP contribution in [0.15, 0.2) is 32.0 Å². The van der Waals surface area contributed by atoms with E-state index in [0.717, 1.165) is 0 Å². The molecule has 1 aliphatic rings. The van der Waals surface area contributed by atoms with Crippen molar-refractivity contribution in [1.29, 1.82) is 0 Å². The number of nitrogens with zero attached hydrogens (tertiary/aromatic N) is 1.